The third-order valence-corrected chi connectivity index (χ3v) is 4.88. The van der Waals surface area contributed by atoms with Crippen molar-refractivity contribution in [1.29, 1.82) is 0 Å². The monoisotopic (exact) mass is 476 g/mol. The lowest BCUT2D eigenvalue weighted by Crippen LogP contribution is -2.49. The first-order valence-corrected chi connectivity index (χ1v) is 10.8. The van der Waals surface area contributed by atoms with Gasteiger partial charge in [-0.15, -0.1) is 0 Å². The average Bonchev–Trinajstić information content (AvgIpc) is 2.82. The van der Waals surface area contributed by atoms with Gasteiger partial charge < -0.3 is 10.1 Å². The molecular formula is C25H24N4O4S. The lowest BCUT2D eigenvalue weighted by Gasteiger charge is -2.12. The van der Waals surface area contributed by atoms with E-state index in [-0.39, 0.29) is 17.6 Å². The maximum atomic E-state index is 12.3. The van der Waals surface area contributed by atoms with E-state index in [2.05, 4.69) is 21.5 Å². The van der Waals surface area contributed by atoms with Crippen molar-refractivity contribution in [2.24, 2.45) is 0 Å². The number of anilines is 1. The molecule has 0 saturated heterocycles. The van der Waals surface area contributed by atoms with Crippen LogP contribution in [-0.4, -0.2) is 29.4 Å². The highest BCUT2D eigenvalue weighted by Gasteiger charge is 2.10. The Hall–Kier alpha value is -4.24. The minimum absolute atomic E-state index is 0.0752. The molecule has 0 saturated carbocycles. The largest absolute Gasteiger partial charge is 0.483 e. The van der Waals surface area contributed by atoms with Crippen molar-refractivity contribution in [1.82, 2.24) is 16.2 Å². The van der Waals surface area contributed by atoms with Crippen molar-refractivity contribution in [3.63, 3.8) is 0 Å². The predicted molar refractivity (Wildman–Crippen MR) is 134 cm³/mol. The van der Waals surface area contributed by atoms with Gasteiger partial charge in [-0.25, -0.2) is 0 Å². The van der Waals surface area contributed by atoms with E-state index in [0.29, 0.717) is 22.6 Å². The van der Waals surface area contributed by atoms with Crippen LogP contribution in [-0.2, 0) is 4.79 Å². The third kappa shape index (κ3) is 7.14. The molecule has 0 aromatic heterocycles. The quantitative estimate of drug-likeness (QED) is 0.321. The van der Waals surface area contributed by atoms with E-state index in [1.807, 2.05) is 44.2 Å². The van der Waals surface area contributed by atoms with Crippen LogP contribution >= 0.6 is 12.2 Å². The summed E-state index contributed by atoms with van der Waals surface area (Å²) < 4.78 is 5.45. The molecule has 0 bridgehead atoms. The summed E-state index contributed by atoms with van der Waals surface area (Å²) in [5, 5.41) is 5.13. The van der Waals surface area contributed by atoms with Gasteiger partial charge >= 0.3 is 0 Å². The fraction of sp³-hybridized carbons (Fsp3) is 0.120. The summed E-state index contributed by atoms with van der Waals surface area (Å²) in [7, 11) is 0. The summed E-state index contributed by atoms with van der Waals surface area (Å²) in [6.07, 6.45) is 0. The number of carbonyl (C=O) groups is 3. The molecule has 9 heteroatoms. The molecule has 3 aromatic carbocycles. The van der Waals surface area contributed by atoms with Gasteiger partial charge in [0.2, 0.25) is 0 Å². The molecule has 8 nitrogen and oxygen atoms in total. The van der Waals surface area contributed by atoms with Gasteiger partial charge in [-0.05, 0) is 74.1 Å². The first-order valence-electron chi connectivity index (χ1n) is 10.4. The van der Waals surface area contributed by atoms with Crippen molar-refractivity contribution in [2.45, 2.75) is 13.8 Å². The molecule has 174 valence electrons. The van der Waals surface area contributed by atoms with E-state index in [0.717, 1.165) is 11.1 Å². The molecule has 0 spiro atoms. The summed E-state index contributed by atoms with van der Waals surface area (Å²) in [5.74, 6) is -0.577. The molecule has 0 atom stereocenters. The molecule has 0 aliphatic heterocycles. The van der Waals surface area contributed by atoms with Crippen LogP contribution in [0.4, 0.5) is 5.69 Å². The molecule has 3 aromatic rings. The van der Waals surface area contributed by atoms with Crippen LogP contribution in [0.2, 0.25) is 0 Å². The van der Waals surface area contributed by atoms with Gasteiger partial charge in [-0.2, -0.15) is 0 Å². The number of benzene rings is 3. The maximum Gasteiger partial charge on any atom is 0.269 e. The highest BCUT2D eigenvalue weighted by atomic mass is 32.1. The Morgan fingerprint density at radius 3 is 2.26 bits per heavy atom. The van der Waals surface area contributed by atoms with Crippen molar-refractivity contribution in [3.8, 4) is 5.75 Å². The molecule has 0 radical (unpaired) electrons. The zero-order valence-corrected chi connectivity index (χ0v) is 19.5. The number of hydrogen-bond acceptors (Lipinski definition) is 5. The summed E-state index contributed by atoms with van der Waals surface area (Å²) >= 11 is 5.02. The van der Waals surface area contributed by atoms with Crippen molar-refractivity contribution in [2.75, 3.05) is 11.9 Å². The molecule has 0 fully saturated rings. The van der Waals surface area contributed by atoms with Crippen molar-refractivity contribution >= 4 is 40.7 Å². The molecular weight excluding hydrogens is 452 g/mol. The fourth-order valence-electron chi connectivity index (χ4n) is 2.94. The summed E-state index contributed by atoms with van der Waals surface area (Å²) in [4.78, 5) is 36.6. The highest BCUT2D eigenvalue weighted by Crippen LogP contribution is 2.15. The van der Waals surface area contributed by atoms with E-state index in [1.165, 1.54) is 0 Å². The molecule has 0 heterocycles. The van der Waals surface area contributed by atoms with Crippen LogP contribution in [0.5, 0.6) is 5.75 Å². The van der Waals surface area contributed by atoms with Gasteiger partial charge in [0.05, 0.1) is 0 Å². The molecule has 3 amide bonds. The number of hydrazine groups is 1. The lowest BCUT2D eigenvalue weighted by atomic mass is 10.1. The first kappa shape index (κ1) is 24.4. The second kappa shape index (κ2) is 11.6. The van der Waals surface area contributed by atoms with Gasteiger partial charge in [0, 0.05) is 16.8 Å². The SMILES string of the molecule is Cc1cccc(C(=O)Nc2ccc(C(=O)NNC(=S)NC(=O)COc3ccccc3C)cc2)c1. The van der Waals surface area contributed by atoms with E-state index < -0.39 is 11.8 Å². The predicted octanol–water partition coefficient (Wildman–Crippen LogP) is 3.27. The number of nitrogens with one attached hydrogen (secondary N) is 4. The minimum Gasteiger partial charge on any atom is -0.483 e. The Labute approximate surface area is 202 Å². The molecule has 4 N–H and O–H groups in total. The second-order valence-corrected chi connectivity index (χ2v) is 7.82. The zero-order valence-electron chi connectivity index (χ0n) is 18.7. The highest BCUT2D eigenvalue weighted by molar-refractivity contribution is 7.80. The van der Waals surface area contributed by atoms with Crippen molar-refractivity contribution < 1.29 is 19.1 Å². The normalized spacial score (nSPS) is 10.1. The number of rotatable bonds is 6. The molecule has 34 heavy (non-hydrogen) atoms. The standard InChI is InChI=1S/C25H24N4O4S/c1-16-6-5-8-19(14-16)23(31)26-20-12-10-18(11-13-20)24(32)28-29-25(34)27-22(30)15-33-21-9-4-3-7-17(21)2/h3-14H,15H2,1-2H3,(H,26,31)(H,28,32)(H2,27,29,30,34). The number of thiocarbonyl (C=S) groups is 1. The zero-order chi connectivity index (χ0) is 24.5. The Morgan fingerprint density at radius 2 is 1.56 bits per heavy atom. The number of para-hydroxylation sites is 1. The van der Waals surface area contributed by atoms with Gasteiger partial charge in [0.15, 0.2) is 11.7 Å². The number of aryl methyl sites for hydroxylation is 2. The van der Waals surface area contributed by atoms with Crippen LogP contribution in [0.15, 0.2) is 72.8 Å². The molecule has 0 unspecified atom stereocenters. The Kier molecular flexibility index (Phi) is 8.31. The maximum absolute atomic E-state index is 12.3. The Balaban J connectivity index is 1.43. The van der Waals surface area contributed by atoms with Gasteiger partial charge in [0.25, 0.3) is 17.7 Å². The van der Waals surface area contributed by atoms with E-state index >= 15 is 0 Å². The number of hydrogen-bond donors (Lipinski definition) is 4. The lowest BCUT2D eigenvalue weighted by molar-refractivity contribution is -0.121. The summed E-state index contributed by atoms with van der Waals surface area (Å²) in [6, 6.07) is 20.9. The van der Waals surface area contributed by atoms with E-state index in [4.69, 9.17) is 17.0 Å². The molecule has 3 rings (SSSR count). The molecule has 0 aliphatic carbocycles. The minimum atomic E-state index is -0.469. The smallest absolute Gasteiger partial charge is 0.269 e. The number of ether oxygens (including phenoxy) is 1. The van der Waals surface area contributed by atoms with Crippen LogP contribution in [0.1, 0.15) is 31.8 Å². The van der Waals surface area contributed by atoms with Crippen molar-refractivity contribution in [3.05, 3.63) is 95.1 Å². The van der Waals surface area contributed by atoms with Gasteiger partial charge in [-0.1, -0.05) is 35.9 Å². The second-order valence-electron chi connectivity index (χ2n) is 7.41. The van der Waals surface area contributed by atoms with Crippen LogP contribution < -0.4 is 26.2 Å². The third-order valence-electron chi connectivity index (χ3n) is 4.68. The van der Waals surface area contributed by atoms with Crippen LogP contribution in [0.25, 0.3) is 0 Å². The van der Waals surface area contributed by atoms with Gasteiger partial charge in [0.1, 0.15) is 5.75 Å². The van der Waals surface area contributed by atoms with Crippen LogP contribution in [0, 0.1) is 13.8 Å². The number of amides is 3. The van der Waals surface area contributed by atoms with E-state index in [1.54, 1.807) is 42.5 Å². The fourth-order valence-corrected chi connectivity index (χ4v) is 3.10. The van der Waals surface area contributed by atoms with Gasteiger partial charge in [-0.3, -0.25) is 30.6 Å². The topological polar surface area (TPSA) is 109 Å². The Morgan fingerprint density at radius 1 is 0.824 bits per heavy atom. The Bertz CT molecular complexity index is 1210. The first-order chi connectivity index (χ1) is 16.3. The molecule has 0 aliphatic rings. The van der Waals surface area contributed by atoms with Crippen LogP contribution in [0.3, 0.4) is 0 Å². The van der Waals surface area contributed by atoms with E-state index in [9.17, 15) is 14.4 Å². The average molecular weight is 477 g/mol. The summed E-state index contributed by atoms with van der Waals surface area (Å²) in [6.45, 7) is 3.56. The number of carbonyl (C=O) groups excluding carboxylic acids is 3. The summed E-state index contributed by atoms with van der Waals surface area (Å²) in [5.41, 5.74) is 8.20.